The first-order chi connectivity index (χ1) is 9.85. The van der Waals surface area contributed by atoms with Gasteiger partial charge in [-0.2, -0.15) is 0 Å². The molecule has 1 unspecified atom stereocenters. The van der Waals surface area contributed by atoms with Crippen molar-refractivity contribution in [1.82, 2.24) is 0 Å². The van der Waals surface area contributed by atoms with E-state index in [0.717, 1.165) is 19.4 Å². The Kier molecular flexibility index (Phi) is 3.70. The topological polar surface area (TPSA) is 9.23 Å². The van der Waals surface area contributed by atoms with Crippen molar-refractivity contribution in [2.75, 3.05) is 6.61 Å². The SMILES string of the molecule is C=CC1CCC(c2ccccc2)(c2ccccc2)CO1. The lowest BCUT2D eigenvalue weighted by molar-refractivity contribution is 0.00748. The molecule has 0 saturated carbocycles. The predicted octanol–water partition coefficient (Wildman–Crippen LogP) is 4.34. The molecular formula is C19H20O. The second-order valence-electron chi connectivity index (χ2n) is 5.44. The highest BCUT2D eigenvalue weighted by molar-refractivity contribution is 5.40. The molecule has 0 N–H and O–H groups in total. The summed E-state index contributed by atoms with van der Waals surface area (Å²) in [6.45, 7) is 4.57. The van der Waals surface area contributed by atoms with E-state index in [4.69, 9.17) is 4.74 Å². The maximum absolute atomic E-state index is 6.03. The second kappa shape index (κ2) is 5.64. The van der Waals surface area contributed by atoms with E-state index in [-0.39, 0.29) is 11.5 Å². The van der Waals surface area contributed by atoms with Crippen LogP contribution in [-0.2, 0) is 10.2 Å². The summed E-state index contributed by atoms with van der Waals surface area (Å²) in [5.74, 6) is 0. The molecule has 1 aliphatic rings. The van der Waals surface area contributed by atoms with Crippen LogP contribution in [0.2, 0.25) is 0 Å². The zero-order chi connectivity index (χ0) is 13.8. The lowest BCUT2D eigenvalue weighted by Gasteiger charge is -2.40. The van der Waals surface area contributed by atoms with Gasteiger partial charge in [-0.05, 0) is 24.0 Å². The Labute approximate surface area is 120 Å². The van der Waals surface area contributed by atoms with Gasteiger partial charge in [-0.1, -0.05) is 66.7 Å². The third kappa shape index (κ3) is 2.30. The molecule has 1 atom stereocenters. The van der Waals surface area contributed by atoms with Crippen LogP contribution in [0.5, 0.6) is 0 Å². The fourth-order valence-corrected chi connectivity index (χ4v) is 3.12. The molecule has 3 rings (SSSR count). The van der Waals surface area contributed by atoms with Gasteiger partial charge in [0.15, 0.2) is 0 Å². The fourth-order valence-electron chi connectivity index (χ4n) is 3.12. The van der Waals surface area contributed by atoms with Crippen LogP contribution in [0.25, 0.3) is 0 Å². The summed E-state index contributed by atoms with van der Waals surface area (Å²) in [5, 5.41) is 0. The molecule has 2 aromatic rings. The van der Waals surface area contributed by atoms with Crippen molar-refractivity contribution >= 4 is 0 Å². The van der Waals surface area contributed by atoms with Gasteiger partial charge >= 0.3 is 0 Å². The molecule has 0 aliphatic carbocycles. The second-order valence-corrected chi connectivity index (χ2v) is 5.44. The Morgan fingerprint density at radius 3 is 1.90 bits per heavy atom. The Morgan fingerprint density at radius 2 is 1.50 bits per heavy atom. The molecule has 1 heterocycles. The van der Waals surface area contributed by atoms with E-state index in [0.29, 0.717) is 0 Å². The summed E-state index contributed by atoms with van der Waals surface area (Å²) in [5.41, 5.74) is 2.66. The summed E-state index contributed by atoms with van der Waals surface area (Å²) in [4.78, 5) is 0. The molecule has 0 aromatic heterocycles. The molecular weight excluding hydrogens is 244 g/mol. The van der Waals surface area contributed by atoms with E-state index >= 15 is 0 Å². The molecule has 0 radical (unpaired) electrons. The van der Waals surface area contributed by atoms with Crippen LogP contribution in [0, 0.1) is 0 Å². The number of benzene rings is 2. The molecule has 1 saturated heterocycles. The van der Waals surface area contributed by atoms with E-state index in [9.17, 15) is 0 Å². The van der Waals surface area contributed by atoms with Gasteiger partial charge in [-0.3, -0.25) is 0 Å². The van der Waals surface area contributed by atoms with Gasteiger partial charge in [-0.25, -0.2) is 0 Å². The third-order valence-corrected chi connectivity index (χ3v) is 4.32. The van der Waals surface area contributed by atoms with Gasteiger partial charge in [0, 0.05) is 5.41 Å². The maximum Gasteiger partial charge on any atom is 0.0754 e. The summed E-state index contributed by atoms with van der Waals surface area (Å²) in [7, 11) is 0. The Balaban J connectivity index is 2.03. The third-order valence-electron chi connectivity index (χ3n) is 4.32. The van der Waals surface area contributed by atoms with E-state index in [1.807, 2.05) is 6.08 Å². The van der Waals surface area contributed by atoms with Gasteiger partial charge < -0.3 is 4.74 Å². The molecule has 1 heteroatoms. The molecule has 1 nitrogen and oxygen atoms in total. The largest absolute Gasteiger partial charge is 0.373 e. The Morgan fingerprint density at radius 1 is 0.950 bits per heavy atom. The summed E-state index contributed by atoms with van der Waals surface area (Å²) in [6.07, 6.45) is 4.22. The van der Waals surface area contributed by atoms with Crippen molar-refractivity contribution < 1.29 is 4.74 Å². The Hall–Kier alpha value is -1.86. The van der Waals surface area contributed by atoms with Gasteiger partial charge in [0.1, 0.15) is 0 Å². The summed E-state index contributed by atoms with van der Waals surface area (Å²) >= 11 is 0. The van der Waals surface area contributed by atoms with Crippen molar-refractivity contribution in [3.63, 3.8) is 0 Å². The number of hydrogen-bond donors (Lipinski definition) is 0. The van der Waals surface area contributed by atoms with Crippen molar-refractivity contribution in [2.45, 2.75) is 24.4 Å². The van der Waals surface area contributed by atoms with Crippen LogP contribution in [0.3, 0.4) is 0 Å². The molecule has 0 amide bonds. The van der Waals surface area contributed by atoms with Gasteiger partial charge in [0.05, 0.1) is 12.7 Å². The molecule has 0 bridgehead atoms. The van der Waals surface area contributed by atoms with Crippen LogP contribution in [0.4, 0.5) is 0 Å². The molecule has 20 heavy (non-hydrogen) atoms. The van der Waals surface area contributed by atoms with Crippen molar-refractivity contribution in [3.8, 4) is 0 Å². The van der Waals surface area contributed by atoms with Gasteiger partial charge in [0.2, 0.25) is 0 Å². The predicted molar refractivity (Wildman–Crippen MR) is 82.8 cm³/mol. The summed E-state index contributed by atoms with van der Waals surface area (Å²) in [6, 6.07) is 21.4. The standard InChI is InChI=1S/C19H20O/c1-2-18-13-14-19(15-20-18,16-9-5-3-6-10-16)17-11-7-4-8-12-17/h2-12,18H,1,13-15H2. The first-order valence-corrected chi connectivity index (χ1v) is 7.20. The molecule has 1 aliphatic heterocycles. The van der Waals surface area contributed by atoms with Crippen LogP contribution in [0.1, 0.15) is 24.0 Å². The average Bonchev–Trinajstić information content (AvgIpc) is 2.56. The zero-order valence-electron chi connectivity index (χ0n) is 11.7. The summed E-state index contributed by atoms with van der Waals surface area (Å²) < 4.78 is 6.03. The molecule has 2 aromatic carbocycles. The minimum absolute atomic E-state index is 0.0258. The smallest absolute Gasteiger partial charge is 0.0754 e. The van der Waals surface area contributed by atoms with E-state index in [2.05, 4.69) is 67.2 Å². The average molecular weight is 264 g/mol. The highest BCUT2D eigenvalue weighted by atomic mass is 16.5. The maximum atomic E-state index is 6.03. The van der Waals surface area contributed by atoms with E-state index in [1.165, 1.54) is 11.1 Å². The number of ether oxygens (including phenoxy) is 1. The minimum Gasteiger partial charge on any atom is -0.373 e. The number of hydrogen-bond acceptors (Lipinski definition) is 1. The Bertz CT molecular complexity index is 509. The van der Waals surface area contributed by atoms with Crippen molar-refractivity contribution in [2.24, 2.45) is 0 Å². The van der Waals surface area contributed by atoms with E-state index < -0.39 is 0 Å². The first kappa shape index (κ1) is 13.1. The normalized spacial score (nSPS) is 21.3. The highest BCUT2D eigenvalue weighted by Crippen LogP contribution is 2.40. The van der Waals surface area contributed by atoms with Crippen LogP contribution in [-0.4, -0.2) is 12.7 Å². The van der Waals surface area contributed by atoms with Gasteiger partial charge in [0.25, 0.3) is 0 Å². The fraction of sp³-hybridized carbons (Fsp3) is 0.263. The zero-order valence-corrected chi connectivity index (χ0v) is 11.7. The van der Waals surface area contributed by atoms with Crippen LogP contribution in [0.15, 0.2) is 73.3 Å². The minimum atomic E-state index is -0.0258. The number of rotatable bonds is 3. The monoisotopic (exact) mass is 264 g/mol. The van der Waals surface area contributed by atoms with E-state index in [1.54, 1.807) is 0 Å². The van der Waals surface area contributed by atoms with Crippen molar-refractivity contribution in [1.29, 1.82) is 0 Å². The van der Waals surface area contributed by atoms with Crippen LogP contribution >= 0.6 is 0 Å². The lowest BCUT2D eigenvalue weighted by Crippen LogP contribution is -2.40. The van der Waals surface area contributed by atoms with Crippen molar-refractivity contribution in [3.05, 3.63) is 84.4 Å². The molecule has 1 fully saturated rings. The lowest BCUT2D eigenvalue weighted by atomic mass is 9.70. The molecule has 102 valence electrons. The van der Waals surface area contributed by atoms with Gasteiger partial charge in [-0.15, -0.1) is 6.58 Å². The van der Waals surface area contributed by atoms with Crippen LogP contribution < -0.4 is 0 Å². The molecule has 0 spiro atoms. The first-order valence-electron chi connectivity index (χ1n) is 7.20. The highest BCUT2D eigenvalue weighted by Gasteiger charge is 2.38. The quantitative estimate of drug-likeness (QED) is 0.749.